The third-order valence-corrected chi connectivity index (χ3v) is 1.49. The van der Waals surface area contributed by atoms with Crippen molar-refractivity contribution in [2.45, 2.75) is 18.9 Å². The summed E-state index contributed by atoms with van der Waals surface area (Å²) >= 11 is 0. The first-order valence-corrected chi connectivity index (χ1v) is 3.66. The number of hydrogen-bond donors (Lipinski definition) is 1. The highest BCUT2D eigenvalue weighted by atomic mass is 35.5. The van der Waals surface area contributed by atoms with Crippen molar-refractivity contribution >= 4 is 24.5 Å². The Labute approximate surface area is 78.4 Å². The summed E-state index contributed by atoms with van der Waals surface area (Å²) in [6.45, 7) is 0. The molecule has 0 radical (unpaired) electrons. The molecule has 70 valence electrons. The Hall–Kier alpha value is -0.770. The first kappa shape index (κ1) is 11.2. The lowest BCUT2D eigenvalue weighted by Gasteiger charge is -2.10. The van der Waals surface area contributed by atoms with Gasteiger partial charge >= 0.3 is 0 Å². The van der Waals surface area contributed by atoms with Crippen molar-refractivity contribution in [3.05, 3.63) is 0 Å². The molecular weight excluding hydrogens is 178 g/mol. The second-order valence-electron chi connectivity index (χ2n) is 2.86. The van der Waals surface area contributed by atoms with Crippen LogP contribution in [0.5, 0.6) is 0 Å². The maximum atomic E-state index is 8.28. The number of amidine groups is 1. The fourth-order valence-corrected chi connectivity index (χ4v) is 0.707. The maximum Gasteiger partial charge on any atom is 0.145 e. The van der Waals surface area contributed by atoms with Gasteiger partial charge in [0.05, 0.1) is 6.04 Å². The monoisotopic (exact) mass is 191 g/mol. The van der Waals surface area contributed by atoms with Crippen molar-refractivity contribution < 1.29 is 5.21 Å². The zero-order chi connectivity index (χ0) is 8.27. The van der Waals surface area contributed by atoms with Crippen molar-refractivity contribution in [2.24, 2.45) is 10.1 Å². The maximum absolute atomic E-state index is 8.28. The number of oxime groups is 1. The molecule has 0 spiro atoms. The van der Waals surface area contributed by atoms with Crippen LogP contribution in [0, 0.1) is 0 Å². The summed E-state index contributed by atoms with van der Waals surface area (Å²) < 4.78 is 0. The Balaban J connectivity index is 0.00000121. The van der Waals surface area contributed by atoms with Gasteiger partial charge < -0.3 is 10.1 Å². The largest absolute Gasteiger partial charge is 0.411 e. The van der Waals surface area contributed by atoms with E-state index in [4.69, 9.17) is 5.21 Å². The van der Waals surface area contributed by atoms with E-state index >= 15 is 0 Å². The van der Waals surface area contributed by atoms with Gasteiger partial charge in [0.25, 0.3) is 0 Å². The fourth-order valence-electron chi connectivity index (χ4n) is 0.707. The normalized spacial score (nSPS) is 17.7. The summed E-state index contributed by atoms with van der Waals surface area (Å²) in [4.78, 5) is 6.14. The van der Waals surface area contributed by atoms with Crippen LogP contribution in [0.3, 0.4) is 0 Å². The van der Waals surface area contributed by atoms with E-state index in [1.165, 1.54) is 6.21 Å². The molecule has 1 saturated carbocycles. The summed E-state index contributed by atoms with van der Waals surface area (Å²) in [5.74, 6) is 0.731. The molecule has 0 unspecified atom stereocenters. The third-order valence-electron chi connectivity index (χ3n) is 1.49. The van der Waals surface area contributed by atoms with Gasteiger partial charge in [0, 0.05) is 14.1 Å². The molecule has 0 bridgehead atoms. The van der Waals surface area contributed by atoms with Crippen LogP contribution >= 0.6 is 12.4 Å². The van der Waals surface area contributed by atoms with Gasteiger partial charge in [0.2, 0.25) is 0 Å². The van der Waals surface area contributed by atoms with Gasteiger partial charge in [0.15, 0.2) is 0 Å². The molecule has 0 aromatic carbocycles. The molecule has 0 heterocycles. The average Bonchev–Trinajstić information content (AvgIpc) is 2.70. The molecule has 0 aromatic rings. The quantitative estimate of drug-likeness (QED) is 0.306. The smallest absolute Gasteiger partial charge is 0.145 e. The van der Waals surface area contributed by atoms with E-state index in [1.54, 1.807) is 0 Å². The molecule has 5 heteroatoms. The van der Waals surface area contributed by atoms with Crippen LogP contribution in [0.2, 0.25) is 0 Å². The van der Waals surface area contributed by atoms with Crippen LogP contribution in [-0.4, -0.2) is 42.3 Å². The van der Waals surface area contributed by atoms with Crippen LogP contribution in [-0.2, 0) is 0 Å². The van der Waals surface area contributed by atoms with Gasteiger partial charge in [-0.2, -0.15) is 0 Å². The molecule has 1 aliphatic rings. The third kappa shape index (κ3) is 3.57. The number of aliphatic imine (C=N–C) groups is 1. The van der Waals surface area contributed by atoms with E-state index < -0.39 is 0 Å². The number of halogens is 1. The molecule has 4 nitrogen and oxygen atoms in total. The van der Waals surface area contributed by atoms with E-state index in [-0.39, 0.29) is 12.4 Å². The lowest BCUT2D eigenvalue weighted by Crippen LogP contribution is -2.23. The SMILES string of the molecule is CN(C)C(/C=N/O)=N/C1CC1.Cl. The van der Waals surface area contributed by atoms with Crippen molar-refractivity contribution in [2.75, 3.05) is 14.1 Å². The van der Waals surface area contributed by atoms with Gasteiger partial charge in [-0.05, 0) is 12.8 Å². The topological polar surface area (TPSA) is 48.2 Å². The molecular formula is C7H14ClN3O. The van der Waals surface area contributed by atoms with Crippen molar-refractivity contribution in [1.29, 1.82) is 0 Å². The highest BCUT2D eigenvalue weighted by molar-refractivity contribution is 6.29. The molecule has 1 rings (SSSR count). The molecule has 12 heavy (non-hydrogen) atoms. The number of rotatable bonds is 2. The van der Waals surface area contributed by atoms with Crippen LogP contribution < -0.4 is 0 Å². The van der Waals surface area contributed by atoms with Crippen molar-refractivity contribution in [1.82, 2.24) is 4.90 Å². The van der Waals surface area contributed by atoms with Crippen LogP contribution in [0.4, 0.5) is 0 Å². The number of nitrogens with zero attached hydrogens (tertiary/aromatic N) is 3. The van der Waals surface area contributed by atoms with Crippen molar-refractivity contribution in [3.8, 4) is 0 Å². The van der Waals surface area contributed by atoms with Gasteiger partial charge in [-0.3, -0.25) is 4.99 Å². The minimum atomic E-state index is 0. The van der Waals surface area contributed by atoms with E-state index in [1.807, 2.05) is 19.0 Å². The molecule has 0 aromatic heterocycles. The lowest BCUT2D eigenvalue weighted by molar-refractivity contribution is 0.322. The Kier molecular flexibility index (Phi) is 4.66. The predicted molar refractivity (Wildman–Crippen MR) is 51.7 cm³/mol. The van der Waals surface area contributed by atoms with Crippen LogP contribution in [0.25, 0.3) is 0 Å². The first-order valence-electron chi connectivity index (χ1n) is 3.66. The van der Waals surface area contributed by atoms with Gasteiger partial charge in [-0.15, -0.1) is 12.4 Å². The Morgan fingerprint density at radius 1 is 1.50 bits per heavy atom. The molecule has 1 fully saturated rings. The molecule has 0 saturated heterocycles. The summed E-state index contributed by atoms with van der Waals surface area (Å²) in [6.07, 6.45) is 3.69. The molecule has 0 amide bonds. The molecule has 1 aliphatic carbocycles. The summed E-state index contributed by atoms with van der Waals surface area (Å²) in [6, 6.07) is 0.463. The summed E-state index contributed by atoms with van der Waals surface area (Å²) in [5, 5.41) is 11.2. The second-order valence-corrected chi connectivity index (χ2v) is 2.86. The Morgan fingerprint density at radius 3 is 2.42 bits per heavy atom. The van der Waals surface area contributed by atoms with Gasteiger partial charge in [-0.25, -0.2) is 0 Å². The lowest BCUT2D eigenvalue weighted by atomic mass is 10.5. The second kappa shape index (κ2) is 4.98. The first-order chi connectivity index (χ1) is 5.24. The van der Waals surface area contributed by atoms with E-state index in [2.05, 4.69) is 10.1 Å². The van der Waals surface area contributed by atoms with Crippen LogP contribution in [0.15, 0.2) is 10.1 Å². The molecule has 0 aliphatic heterocycles. The zero-order valence-corrected chi connectivity index (χ0v) is 8.08. The van der Waals surface area contributed by atoms with E-state index in [9.17, 15) is 0 Å². The Morgan fingerprint density at radius 2 is 2.08 bits per heavy atom. The molecule has 0 atom stereocenters. The van der Waals surface area contributed by atoms with Crippen molar-refractivity contribution in [3.63, 3.8) is 0 Å². The number of hydrogen-bond acceptors (Lipinski definition) is 3. The van der Waals surface area contributed by atoms with E-state index in [0.717, 1.165) is 18.7 Å². The average molecular weight is 192 g/mol. The summed E-state index contributed by atoms with van der Waals surface area (Å²) in [7, 11) is 3.76. The van der Waals surface area contributed by atoms with Gasteiger partial charge in [0.1, 0.15) is 12.1 Å². The van der Waals surface area contributed by atoms with Crippen LogP contribution in [0.1, 0.15) is 12.8 Å². The standard InChI is InChI=1S/C7H13N3O.ClH/c1-10(2)7(5-8-11)9-6-3-4-6;/h5-6,11H,3-4H2,1-2H3;1H/b8-5+,9-7+;. The van der Waals surface area contributed by atoms with Gasteiger partial charge in [-0.1, -0.05) is 5.16 Å². The minimum Gasteiger partial charge on any atom is -0.411 e. The zero-order valence-electron chi connectivity index (χ0n) is 7.27. The molecule has 1 N–H and O–H groups in total. The fraction of sp³-hybridized carbons (Fsp3) is 0.714. The van der Waals surface area contributed by atoms with E-state index in [0.29, 0.717) is 6.04 Å². The summed E-state index contributed by atoms with van der Waals surface area (Å²) in [5.41, 5.74) is 0. The highest BCUT2D eigenvalue weighted by Gasteiger charge is 2.20. The Bertz CT molecular complexity index is 187. The minimum absolute atomic E-state index is 0. The predicted octanol–water partition coefficient (Wildman–Crippen LogP) is 0.991. The highest BCUT2D eigenvalue weighted by Crippen LogP contribution is 2.23.